The fourth-order valence-electron chi connectivity index (χ4n) is 6.39. The van der Waals surface area contributed by atoms with Crippen LogP contribution in [-0.2, 0) is 13.0 Å². The average molecular weight is 511 g/mol. The first-order valence-electron chi connectivity index (χ1n) is 14.3. The van der Waals surface area contributed by atoms with Crippen molar-refractivity contribution in [2.45, 2.75) is 45.1 Å². The van der Waals surface area contributed by atoms with Crippen LogP contribution in [0.25, 0.3) is 15.6 Å². The van der Waals surface area contributed by atoms with E-state index in [1.165, 1.54) is 41.3 Å². The molecule has 1 atom stereocenters. The van der Waals surface area contributed by atoms with Crippen LogP contribution in [0.3, 0.4) is 0 Å². The van der Waals surface area contributed by atoms with Gasteiger partial charge in [0.15, 0.2) is 0 Å². The Morgan fingerprint density at radius 3 is 2.68 bits per heavy atom. The second kappa shape index (κ2) is 11.6. The van der Waals surface area contributed by atoms with Crippen molar-refractivity contribution in [2.75, 3.05) is 62.2 Å². The van der Waals surface area contributed by atoms with Crippen molar-refractivity contribution in [2.24, 2.45) is 5.92 Å². The second-order valence-corrected chi connectivity index (χ2v) is 11.0. The van der Waals surface area contributed by atoms with Crippen LogP contribution in [0, 0.1) is 12.5 Å². The molecule has 0 saturated carbocycles. The molecule has 7 heteroatoms. The third-order valence-corrected chi connectivity index (χ3v) is 8.39. The molecule has 2 saturated heterocycles. The predicted molar refractivity (Wildman–Crippen MR) is 153 cm³/mol. The Morgan fingerprint density at radius 2 is 1.79 bits per heavy atom. The Balaban J connectivity index is 1.28. The first kappa shape index (κ1) is 24.9. The molecule has 1 unspecified atom stereocenters. The predicted octanol–water partition coefficient (Wildman–Crippen LogP) is 5.19. The van der Waals surface area contributed by atoms with E-state index >= 15 is 0 Å². The number of hydrogen-bond donors (Lipinski definition) is 0. The highest BCUT2D eigenvalue weighted by molar-refractivity contribution is 5.94. The van der Waals surface area contributed by atoms with Gasteiger partial charge in [0.2, 0.25) is 6.54 Å². The Morgan fingerprint density at radius 1 is 0.921 bits per heavy atom. The number of fused-ring (bicyclic) bond motifs is 2. The molecule has 3 aromatic rings. The SMILES string of the molecule is [C-]#[N+]CC1CCCN(c2nc(OCCN3CCCCC3)nc3c2CCN(c2cccc4ccccc24)C3)C1. The van der Waals surface area contributed by atoms with Gasteiger partial charge in [-0.3, -0.25) is 4.90 Å². The van der Waals surface area contributed by atoms with Gasteiger partial charge in [-0.05, 0) is 56.6 Å². The zero-order chi connectivity index (χ0) is 25.7. The number of ether oxygens (including phenoxy) is 1. The zero-order valence-electron chi connectivity index (χ0n) is 22.3. The maximum absolute atomic E-state index is 7.37. The fraction of sp³-hybridized carbons (Fsp3) is 0.516. The van der Waals surface area contributed by atoms with Crippen molar-refractivity contribution < 1.29 is 4.74 Å². The standard InChI is InChI=1S/C31H38N6O/c1-32-21-24-9-8-17-37(22-24)30-27-14-18-36(29-13-7-11-25-10-3-4-12-26(25)29)23-28(27)33-31(34-30)38-20-19-35-15-5-2-6-16-35/h3-4,7,10-13,24H,2,5-6,8-9,14-23H2. The Labute approximate surface area is 226 Å². The van der Waals surface area contributed by atoms with Gasteiger partial charge in [0.25, 0.3) is 0 Å². The monoisotopic (exact) mass is 510 g/mol. The van der Waals surface area contributed by atoms with Crippen LogP contribution in [-0.4, -0.2) is 67.3 Å². The quantitative estimate of drug-likeness (QED) is 0.408. The third-order valence-electron chi connectivity index (χ3n) is 8.39. The molecule has 1 aromatic heterocycles. The summed E-state index contributed by atoms with van der Waals surface area (Å²) in [6.07, 6.45) is 7.04. The van der Waals surface area contributed by atoms with E-state index in [0.29, 0.717) is 25.1 Å². The lowest BCUT2D eigenvalue weighted by atomic mass is 9.96. The lowest BCUT2D eigenvalue weighted by Gasteiger charge is -2.36. The highest BCUT2D eigenvalue weighted by Gasteiger charge is 2.30. The van der Waals surface area contributed by atoms with Gasteiger partial charge in [0.1, 0.15) is 12.4 Å². The van der Waals surface area contributed by atoms with Gasteiger partial charge in [-0.25, -0.2) is 6.57 Å². The van der Waals surface area contributed by atoms with Gasteiger partial charge in [0.05, 0.1) is 12.2 Å². The number of rotatable bonds is 7. The van der Waals surface area contributed by atoms with Crippen LogP contribution in [0.2, 0.25) is 0 Å². The van der Waals surface area contributed by atoms with Crippen molar-refractivity contribution >= 4 is 22.3 Å². The molecular formula is C31H38N6O. The van der Waals surface area contributed by atoms with E-state index in [4.69, 9.17) is 21.3 Å². The van der Waals surface area contributed by atoms with Crippen molar-refractivity contribution in [1.82, 2.24) is 14.9 Å². The zero-order valence-corrected chi connectivity index (χ0v) is 22.3. The normalized spacial score (nSPS) is 20.2. The number of anilines is 2. The summed E-state index contributed by atoms with van der Waals surface area (Å²) in [4.78, 5) is 21.1. The minimum absolute atomic E-state index is 0.408. The molecule has 0 bridgehead atoms. The van der Waals surface area contributed by atoms with E-state index in [0.717, 1.165) is 76.6 Å². The fourth-order valence-corrected chi connectivity index (χ4v) is 6.39. The van der Waals surface area contributed by atoms with E-state index in [9.17, 15) is 0 Å². The van der Waals surface area contributed by atoms with Gasteiger partial charge >= 0.3 is 6.01 Å². The van der Waals surface area contributed by atoms with Gasteiger partial charge in [0, 0.05) is 48.7 Å². The summed E-state index contributed by atoms with van der Waals surface area (Å²) in [6, 6.07) is 15.7. The molecule has 198 valence electrons. The van der Waals surface area contributed by atoms with Crippen molar-refractivity contribution in [3.63, 3.8) is 0 Å². The lowest BCUT2D eigenvalue weighted by molar-refractivity contribution is 0.177. The van der Waals surface area contributed by atoms with Crippen LogP contribution in [0.1, 0.15) is 43.4 Å². The van der Waals surface area contributed by atoms with E-state index in [1.807, 2.05) is 0 Å². The number of nitrogens with zero attached hydrogens (tertiary/aromatic N) is 6. The molecule has 2 aromatic carbocycles. The summed E-state index contributed by atoms with van der Waals surface area (Å²) in [6.45, 7) is 15.4. The Hall–Kier alpha value is -3.37. The first-order chi connectivity index (χ1) is 18.8. The summed E-state index contributed by atoms with van der Waals surface area (Å²) < 4.78 is 6.23. The van der Waals surface area contributed by atoms with Crippen LogP contribution in [0.5, 0.6) is 6.01 Å². The largest absolute Gasteiger partial charge is 0.462 e. The average Bonchev–Trinajstić information content (AvgIpc) is 2.97. The maximum atomic E-state index is 7.37. The summed E-state index contributed by atoms with van der Waals surface area (Å²) in [5, 5.41) is 2.55. The molecule has 0 radical (unpaired) electrons. The van der Waals surface area contributed by atoms with E-state index in [1.54, 1.807) is 0 Å². The minimum Gasteiger partial charge on any atom is -0.462 e. The summed E-state index contributed by atoms with van der Waals surface area (Å²) in [7, 11) is 0. The number of likely N-dealkylation sites (tertiary alicyclic amines) is 1. The molecule has 0 spiro atoms. The molecule has 3 aliphatic heterocycles. The van der Waals surface area contributed by atoms with Gasteiger partial charge in [-0.1, -0.05) is 42.8 Å². The molecule has 0 N–H and O–H groups in total. The second-order valence-electron chi connectivity index (χ2n) is 11.0. The highest BCUT2D eigenvalue weighted by atomic mass is 16.5. The highest BCUT2D eigenvalue weighted by Crippen LogP contribution is 2.35. The molecule has 6 rings (SSSR count). The number of benzene rings is 2. The lowest BCUT2D eigenvalue weighted by Crippen LogP contribution is -2.39. The van der Waals surface area contributed by atoms with Crippen LogP contribution in [0.15, 0.2) is 42.5 Å². The number of hydrogen-bond acceptors (Lipinski definition) is 6. The summed E-state index contributed by atoms with van der Waals surface area (Å²) >= 11 is 0. The number of piperidine rings is 2. The minimum atomic E-state index is 0.408. The smallest absolute Gasteiger partial charge is 0.318 e. The van der Waals surface area contributed by atoms with Crippen LogP contribution >= 0.6 is 0 Å². The molecule has 2 fully saturated rings. The van der Waals surface area contributed by atoms with Crippen LogP contribution in [0.4, 0.5) is 11.5 Å². The van der Waals surface area contributed by atoms with Gasteiger partial charge in [-0.15, -0.1) is 0 Å². The topological polar surface area (TPSA) is 49.1 Å². The molecular weight excluding hydrogens is 472 g/mol. The Kier molecular flexibility index (Phi) is 7.59. The first-order valence-corrected chi connectivity index (χ1v) is 14.3. The molecule has 4 heterocycles. The van der Waals surface area contributed by atoms with Crippen molar-refractivity contribution in [1.29, 1.82) is 0 Å². The third kappa shape index (κ3) is 5.42. The molecule has 0 amide bonds. The van der Waals surface area contributed by atoms with Gasteiger partial charge < -0.3 is 19.4 Å². The summed E-state index contributed by atoms with van der Waals surface area (Å²) in [5.74, 6) is 1.45. The number of aromatic nitrogens is 2. The molecule has 38 heavy (non-hydrogen) atoms. The molecule has 3 aliphatic rings. The Bertz CT molecular complexity index is 1290. The van der Waals surface area contributed by atoms with Gasteiger partial charge in [-0.2, -0.15) is 9.97 Å². The molecule has 0 aliphatic carbocycles. The van der Waals surface area contributed by atoms with E-state index in [2.05, 4.69) is 62.0 Å². The van der Waals surface area contributed by atoms with Crippen LogP contribution < -0.4 is 14.5 Å². The van der Waals surface area contributed by atoms with E-state index in [-0.39, 0.29) is 0 Å². The van der Waals surface area contributed by atoms with Crippen molar-refractivity contribution in [3.8, 4) is 6.01 Å². The summed E-state index contributed by atoms with van der Waals surface area (Å²) in [5.41, 5.74) is 3.60. The maximum Gasteiger partial charge on any atom is 0.318 e. The van der Waals surface area contributed by atoms with E-state index < -0.39 is 0 Å². The van der Waals surface area contributed by atoms with Crippen molar-refractivity contribution in [3.05, 3.63) is 65.1 Å². The molecule has 7 nitrogen and oxygen atoms in total.